The Balaban J connectivity index is 1.83. The molecule has 6 nitrogen and oxygen atoms in total. The van der Waals surface area contributed by atoms with Crippen LogP contribution in [-0.4, -0.2) is 49.8 Å². The number of hydrogen-bond acceptors (Lipinski definition) is 4. The first-order valence-electron chi connectivity index (χ1n) is 9.73. The van der Waals surface area contributed by atoms with Crippen LogP contribution in [0.4, 0.5) is 0 Å². The highest BCUT2D eigenvalue weighted by Gasteiger charge is 2.07. The number of methoxy groups -OCH3 is 1. The first kappa shape index (κ1) is 22.9. The summed E-state index contributed by atoms with van der Waals surface area (Å²) in [5.74, 6) is 2.05. The van der Waals surface area contributed by atoms with Crippen LogP contribution in [0.2, 0.25) is 0 Å². The Kier molecular flexibility index (Phi) is 10.2. The molecule has 158 valence electrons. The smallest absolute Gasteiger partial charge is 0.191 e. The molecule has 0 heterocycles. The zero-order valence-corrected chi connectivity index (χ0v) is 18.3. The van der Waals surface area contributed by atoms with Gasteiger partial charge in [-0.3, -0.25) is 9.20 Å². The van der Waals surface area contributed by atoms with Crippen molar-refractivity contribution in [2.24, 2.45) is 4.99 Å². The molecule has 2 N–H and O–H groups in total. The van der Waals surface area contributed by atoms with Gasteiger partial charge in [0.05, 0.1) is 17.4 Å². The molecule has 2 rings (SSSR count). The second-order valence-electron chi connectivity index (χ2n) is 6.52. The summed E-state index contributed by atoms with van der Waals surface area (Å²) < 4.78 is 23.3. The molecule has 0 bridgehead atoms. The molecule has 0 saturated heterocycles. The fourth-order valence-corrected chi connectivity index (χ4v) is 3.66. The minimum atomic E-state index is -1.03. The molecule has 0 fully saturated rings. The molecule has 0 spiro atoms. The highest BCUT2D eigenvalue weighted by molar-refractivity contribution is 7.85. The maximum atomic E-state index is 12.3. The van der Waals surface area contributed by atoms with Crippen molar-refractivity contribution in [1.29, 1.82) is 0 Å². The normalized spacial score (nSPS) is 12.4. The topological polar surface area (TPSA) is 72.0 Å². The second kappa shape index (κ2) is 13.0. The zero-order chi connectivity index (χ0) is 20.9. The van der Waals surface area contributed by atoms with Gasteiger partial charge in [0.2, 0.25) is 0 Å². The van der Waals surface area contributed by atoms with Crippen LogP contribution in [0.5, 0.6) is 5.75 Å². The predicted octanol–water partition coefficient (Wildman–Crippen LogP) is 2.88. The van der Waals surface area contributed by atoms with Crippen LogP contribution in [0.15, 0.2) is 58.4 Å². The van der Waals surface area contributed by atoms with Crippen LogP contribution < -0.4 is 15.4 Å². The average Bonchev–Trinajstić information content (AvgIpc) is 2.75. The Labute approximate surface area is 176 Å². The molecule has 2 aromatic rings. The minimum Gasteiger partial charge on any atom is -0.493 e. The van der Waals surface area contributed by atoms with Gasteiger partial charge in [-0.25, -0.2) is 0 Å². The third kappa shape index (κ3) is 8.25. The highest BCUT2D eigenvalue weighted by Crippen LogP contribution is 2.20. The molecule has 0 saturated carbocycles. The van der Waals surface area contributed by atoms with Crippen molar-refractivity contribution in [2.75, 3.05) is 39.7 Å². The molecule has 0 aliphatic heterocycles. The molecule has 0 radical (unpaired) electrons. The van der Waals surface area contributed by atoms with Crippen molar-refractivity contribution >= 4 is 16.8 Å². The zero-order valence-electron chi connectivity index (χ0n) is 17.4. The van der Waals surface area contributed by atoms with Crippen LogP contribution in [0.25, 0.3) is 0 Å². The largest absolute Gasteiger partial charge is 0.493 e. The number of nitrogens with zero attached hydrogens (tertiary/aromatic N) is 1. The number of aryl methyl sites for hydroxylation is 1. The van der Waals surface area contributed by atoms with E-state index in [4.69, 9.17) is 9.47 Å². The molecular formula is C22H31N3O3S. The number of guanidine groups is 1. The monoisotopic (exact) mass is 417 g/mol. The van der Waals surface area contributed by atoms with Gasteiger partial charge in [0.25, 0.3) is 0 Å². The van der Waals surface area contributed by atoms with Crippen molar-refractivity contribution in [3.8, 4) is 5.75 Å². The van der Waals surface area contributed by atoms with E-state index < -0.39 is 10.8 Å². The summed E-state index contributed by atoms with van der Waals surface area (Å²) in [6.45, 7) is 4.49. The maximum Gasteiger partial charge on any atom is 0.191 e. The first-order valence-corrected chi connectivity index (χ1v) is 11.0. The van der Waals surface area contributed by atoms with Crippen LogP contribution in [0.1, 0.15) is 17.5 Å². The Bertz CT molecular complexity index is 797. The van der Waals surface area contributed by atoms with Gasteiger partial charge in [0.15, 0.2) is 5.96 Å². The number of benzene rings is 2. The molecule has 2 aromatic carbocycles. The van der Waals surface area contributed by atoms with Gasteiger partial charge < -0.3 is 20.1 Å². The summed E-state index contributed by atoms with van der Waals surface area (Å²) in [5, 5.41) is 6.52. The molecule has 7 heteroatoms. The Morgan fingerprint density at radius 3 is 2.62 bits per heavy atom. The number of hydrogen-bond donors (Lipinski definition) is 2. The maximum absolute atomic E-state index is 12.3. The first-order chi connectivity index (χ1) is 14.1. The van der Waals surface area contributed by atoms with Crippen molar-refractivity contribution in [3.05, 3.63) is 59.7 Å². The van der Waals surface area contributed by atoms with E-state index in [1.54, 1.807) is 14.2 Å². The number of aliphatic imine (C=N–C) groups is 1. The number of rotatable bonds is 11. The molecule has 1 atom stereocenters. The lowest BCUT2D eigenvalue weighted by Gasteiger charge is -2.15. The quantitative estimate of drug-likeness (QED) is 0.334. The third-order valence-corrected chi connectivity index (χ3v) is 5.60. The summed E-state index contributed by atoms with van der Waals surface area (Å²) in [6.07, 6.45) is 0.846. The Morgan fingerprint density at radius 1 is 1.10 bits per heavy atom. The van der Waals surface area contributed by atoms with Crippen molar-refractivity contribution < 1.29 is 13.7 Å². The fraction of sp³-hybridized carbons (Fsp3) is 0.409. The highest BCUT2D eigenvalue weighted by atomic mass is 32.2. The molecule has 0 aliphatic carbocycles. The lowest BCUT2D eigenvalue weighted by atomic mass is 10.1. The standard InChI is InChI=1S/C22H31N3O3S/c1-18-10-11-19(21(16-18)28-14-7-13-27-3)17-25-22(23-2)24-12-15-29(26)20-8-5-4-6-9-20/h4-6,8-11,16H,7,12-15,17H2,1-3H3,(H2,23,24,25). The van der Waals surface area contributed by atoms with Crippen LogP contribution in [-0.2, 0) is 22.1 Å². The predicted molar refractivity (Wildman–Crippen MR) is 119 cm³/mol. The van der Waals surface area contributed by atoms with Gasteiger partial charge >= 0.3 is 0 Å². The Morgan fingerprint density at radius 2 is 1.90 bits per heavy atom. The fourth-order valence-electron chi connectivity index (χ4n) is 2.68. The van der Waals surface area contributed by atoms with Gasteiger partial charge in [0.1, 0.15) is 5.75 Å². The van der Waals surface area contributed by atoms with E-state index in [0.29, 0.717) is 38.0 Å². The van der Waals surface area contributed by atoms with Crippen LogP contribution >= 0.6 is 0 Å². The molecule has 1 unspecified atom stereocenters. The molecule has 0 amide bonds. The second-order valence-corrected chi connectivity index (χ2v) is 8.09. The van der Waals surface area contributed by atoms with Crippen LogP contribution in [0, 0.1) is 6.92 Å². The van der Waals surface area contributed by atoms with E-state index in [0.717, 1.165) is 28.2 Å². The van der Waals surface area contributed by atoms with Gasteiger partial charge in [-0.05, 0) is 30.7 Å². The lowest BCUT2D eigenvalue weighted by molar-refractivity contribution is 0.172. The lowest BCUT2D eigenvalue weighted by Crippen LogP contribution is -2.38. The van der Waals surface area contributed by atoms with Gasteiger partial charge in [-0.15, -0.1) is 0 Å². The summed E-state index contributed by atoms with van der Waals surface area (Å²) >= 11 is 0. The van der Waals surface area contributed by atoms with Gasteiger partial charge in [-0.1, -0.05) is 30.3 Å². The van der Waals surface area contributed by atoms with Crippen molar-refractivity contribution in [3.63, 3.8) is 0 Å². The van der Waals surface area contributed by atoms with E-state index in [2.05, 4.69) is 27.8 Å². The van der Waals surface area contributed by atoms with E-state index in [9.17, 15) is 4.21 Å². The SMILES string of the molecule is CN=C(NCCS(=O)c1ccccc1)NCc1ccc(C)cc1OCCCOC. The van der Waals surface area contributed by atoms with Gasteiger partial charge in [-0.2, -0.15) is 0 Å². The molecule has 0 aliphatic rings. The van der Waals surface area contributed by atoms with Crippen molar-refractivity contribution in [2.45, 2.75) is 24.8 Å². The summed E-state index contributed by atoms with van der Waals surface area (Å²) in [6, 6.07) is 15.7. The average molecular weight is 418 g/mol. The summed E-state index contributed by atoms with van der Waals surface area (Å²) in [4.78, 5) is 5.08. The molecular weight excluding hydrogens is 386 g/mol. The summed E-state index contributed by atoms with van der Waals surface area (Å²) in [7, 11) is 2.38. The van der Waals surface area contributed by atoms with E-state index in [1.165, 1.54) is 0 Å². The van der Waals surface area contributed by atoms with Crippen LogP contribution in [0.3, 0.4) is 0 Å². The molecule has 0 aromatic heterocycles. The number of nitrogens with one attached hydrogen (secondary N) is 2. The minimum absolute atomic E-state index is 0.517. The molecule has 29 heavy (non-hydrogen) atoms. The Hall–Kier alpha value is -2.38. The van der Waals surface area contributed by atoms with E-state index >= 15 is 0 Å². The van der Waals surface area contributed by atoms with E-state index in [1.807, 2.05) is 43.3 Å². The third-order valence-electron chi connectivity index (χ3n) is 4.23. The van der Waals surface area contributed by atoms with Crippen molar-refractivity contribution in [1.82, 2.24) is 10.6 Å². The van der Waals surface area contributed by atoms with E-state index in [-0.39, 0.29) is 0 Å². The number of ether oxygens (including phenoxy) is 2. The van der Waals surface area contributed by atoms with Gasteiger partial charge in [0, 0.05) is 56.5 Å². The summed E-state index contributed by atoms with van der Waals surface area (Å²) in [5.41, 5.74) is 2.21.